The number of rotatable bonds is 3. The second-order valence-corrected chi connectivity index (χ2v) is 4.63. The molecule has 0 aromatic heterocycles. The molecule has 0 N–H and O–H groups in total. The molecule has 3 heteroatoms. The van der Waals surface area contributed by atoms with Crippen LogP contribution < -0.4 is 0 Å². The summed E-state index contributed by atoms with van der Waals surface area (Å²) in [6.07, 6.45) is 2.27. The minimum atomic E-state index is 0.0937. The topological polar surface area (TPSA) is 29.5 Å². The molecule has 0 bridgehead atoms. The number of benzene rings is 1. The van der Waals surface area contributed by atoms with E-state index in [1.807, 2.05) is 37.4 Å². The Morgan fingerprint density at radius 1 is 1.41 bits per heavy atom. The highest BCUT2D eigenvalue weighted by atomic mass is 16.5. The summed E-state index contributed by atoms with van der Waals surface area (Å²) in [5.74, 6) is 0.581. The van der Waals surface area contributed by atoms with Gasteiger partial charge in [0, 0.05) is 25.8 Å². The van der Waals surface area contributed by atoms with Gasteiger partial charge in [0.1, 0.15) is 0 Å². The summed E-state index contributed by atoms with van der Waals surface area (Å²) in [6, 6.07) is 9.42. The second-order valence-electron chi connectivity index (χ2n) is 4.63. The van der Waals surface area contributed by atoms with Gasteiger partial charge in [-0.1, -0.05) is 18.2 Å². The van der Waals surface area contributed by atoms with Gasteiger partial charge >= 0.3 is 0 Å². The van der Waals surface area contributed by atoms with E-state index in [9.17, 15) is 4.79 Å². The van der Waals surface area contributed by atoms with Crippen molar-refractivity contribution in [2.75, 3.05) is 26.8 Å². The van der Waals surface area contributed by atoms with E-state index in [4.69, 9.17) is 4.74 Å². The minimum absolute atomic E-state index is 0.0937. The van der Waals surface area contributed by atoms with Crippen molar-refractivity contribution in [3.63, 3.8) is 0 Å². The Hall–Kier alpha value is -1.35. The Bertz CT molecular complexity index is 358. The van der Waals surface area contributed by atoms with Crippen LogP contribution in [-0.2, 0) is 4.74 Å². The molecule has 1 unspecified atom stereocenters. The number of amides is 1. The van der Waals surface area contributed by atoms with Crippen LogP contribution >= 0.6 is 0 Å². The highest BCUT2D eigenvalue weighted by Crippen LogP contribution is 2.15. The highest BCUT2D eigenvalue weighted by molar-refractivity contribution is 5.93. The summed E-state index contributed by atoms with van der Waals surface area (Å²) < 4.78 is 5.43. The van der Waals surface area contributed by atoms with Crippen molar-refractivity contribution in [3.05, 3.63) is 35.9 Å². The number of hydrogen-bond acceptors (Lipinski definition) is 2. The molecule has 92 valence electrons. The van der Waals surface area contributed by atoms with E-state index in [2.05, 4.69) is 0 Å². The van der Waals surface area contributed by atoms with E-state index in [-0.39, 0.29) is 5.91 Å². The van der Waals surface area contributed by atoms with E-state index in [1.165, 1.54) is 0 Å². The zero-order chi connectivity index (χ0) is 12.1. The van der Waals surface area contributed by atoms with Gasteiger partial charge in [0.15, 0.2) is 0 Å². The predicted molar refractivity (Wildman–Crippen MR) is 66.9 cm³/mol. The van der Waals surface area contributed by atoms with Crippen LogP contribution in [0.15, 0.2) is 30.3 Å². The monoisotopic (exact) mass is 233 g/mol. The van der Waals surface area contributed by atoms with Gasteiger partial charge in [-0.25, -0.2) is 0 Å². The quantitative estimate of drug-likeness (QED) is 0.801. The Morgan fingerprint density at radius 3 is 2.82 bits per heavy atom. The van der Waals surface area contributed by atoms with Crippen molar-refractivity contribution in [2.24, 2.45) is 5.92 Å². The lowest BCUT2D eigenvalue weighted by Crippen LogP contribution is -2.35. The van der Waals surface area contributed by atoms with Crippen LogP contribution in [-0.4, -0.2) is 37.6 Å². The number of ether oxygens (including phenoxy) is 1. The van der Waals surface area contributed by atoms with Gasteiger partial charge in [-0.3, -0.25) is 4.79 Å². The van der Waals surface area contributed by atoms with Gasteiger partial charge in [0.05, 0.1) is 6.61 Å². The van der Waals surface area contributed by atoms with Gasteiger partial charge < -0.3 is 9.64 Å². The number of carbonyl (C=O) groups excluding carboxylic acids is 1. The summed E-state index contributed by atoms with van der Waals surface area (Å²) in [5.41, 5.74) is 0.756. The maximum atomic E-state index is 12.1. The molecule has 1 amide bonds. The summed E-state index contributed by atoms with van der Waals surface area (Å²) >= 11 is 0. The van der Waals surface area contributed by atoms with Gasteiger partial charge in [0.25, 0.3) is 5.91 Å². The molecule has 0 spiro atoms. The molecule has 1 atom stereocenters. The van der Waals surface area contributed by atoms with Crippen LogP contribution in [0, 0.1) is 5.92 Å². The Labute approximate surface area is 102 Å². The third kappa shape index (κ3) is 3.30. The minimum Gasteiger partial charge on any atom is -0.381 e. The molecular formula is C14H19NO2. The van der Waals surface area contributed by atoms with Gasteiger partial charge in [0.2, 0.25) is 0 Å². The average molecular weight is 233 g/mol. The molecule has 1 aromatic carbocycles. The molecule has 1 heterocycles. The second kappa shape index (κ2) is 5.82. The van der Waals surface area contributed by atoms with E-state index in [1.54, 1.807) is 4.90 Å². The number of nitrogens with zero attached hydrogens (tertiary/aromatic N) is 1. The molecule has 2 rings (SSSR count). The Morgan fingerprint density at radius 2 is 2.18 bits per heavy atom. The molecule has 1 aromatic rings. The van der Waals surface area contributed by atoms with Crippen LogP contribution in [0.1, 0.15) is 23.2 Å². The summed E-state index contributed by atoms with van der Waals surface area (Å²) in [5, 5.41) is 0. The molecule has 3 nitrogen and oxygen atoms in total. The molecule has 1 aliphatic rings. The smallest absolute Gasteiger partial charge is 0.253 e. The summed E-state index contributed by atoms with van der Waals surface area (Å²) in [4.78, 5) is 13.9. The molecule has 1 saturated heterocycles. The summed E-state index contributed by atoms with van der Waals surface area (Å²) in [7, 11) is 1.87. The third-order valence-electron chi connectivity index (χ3n) is 3.15. The van der Waals surface area contributed by atoms with Crippen molar-refractivity contribution in [1.82, 2.24) is 4.90 Å². The molecule has 17 heavy (non-hydrogen) atoms. The fourth-order valence-electron chi connectivity index (χ4n) is 2.22. The van der Waals surface area contributed by atoms with Crippen LogP contribution in [0.3, 0.4) is 0 Å². The molecule has 1 aliphatic heterocycles. The first-order chi connectivity index (χ1) is 8.27. The van der Waals surface area contributed by atoms with Crippen LogP contribution in [0.5, 0.6) is 0 Å². The van der Waals surface area contributed by atoms with E-state index in [0.29, 0.717) is 5.92 Å². The van der Waals surface area contributed by atoms with Crippen molar-refractivity contribution in [3.8, 4) is 0 Å². The first-order valence-electron chi connectivity index (χ1n) is 6.15. The fourth-order valence-corrected chi connectivity index (χ4v) is 2.22. The zero-order valence-corrected chi connectivity index (χ0v) is 10.3. The molecule has 0 saturated carbocycles. The van der Waals surface area contributed by atoms with E-state index < -0.39 is 0 Å². The Kier molecular flexibility index (Phi) is 4.15. The first-order valence-corrected chi connectivity index (χ1v) is 6.15. The van der Waals surface area contributed by atoms with Crippen LogP contribution in [0.25, 0.3) is 0 Å². The number of hydrogen-bond donors (Lipinski definition) is 0. The van der Waals surface area contributed by atoms with Crippen LogP contribution in [0.2, 0.25) is 0 Å². The van der Waals surface area contributed by atoms with Gasteiger partial charge in [-0.05, 0) is 30.9 Å². The maximum absolute atomic E-state index is 12.1. The maximum Gasteiger partial charge on any atom is 0.253 e. The molecular weight excluding hydrogens is 214 g/mol. The normalized spacial score (nSPS) is 19.9. The lowest BCUT2D eigenvalue weighted by molar-refractivity contribution is 0.0388. The number of carbonyl (C=O) groups is 1. The standard InChI is InChI=1S/C14H19NO2/c1-15(10-12-6-5-9-17-11-12)14(16)13-7-3-2-4-8-13/h2-4,7-8,12H,5-6,9-11H2,1H3. The highest BCUT2D eigenvalue weighted by Gasteiger charge is 2.19. The lowest BCUT2D eigenvalue weighted by Gasteiger charge is -2.27. The fraction of sp³-hybridized carbons (Fsp3) is 0.500. The SMILES string of the molecule is CN(CC1CCCOC1)C(=O)c1ccccc1. The van der Waals surface area contributed by atoms with Crippen LogP contribution in [0.4, 0.5) is 0 Å². The predicted octanol–water partition coefficient (Wildman–Crippen LogP) is 2.19. The lowest BCUT2D eigenvalue weighted by atomic mass is 10.0. The Balaban J connectivity index is 1.91. The molecule has 0 radical (unpaired) electrons. The van der Waals surface area contributed by atoms with Crippen molar-refractivity contribution in [2.45, 2.75) is 12.8 Å². The largest absolute Gasteiger partial charge is 0.381 e. The van der Waals surface area contributed by atoms with Crippen molar-refractivity contribution >= 4 is 5.91 Å². The first kappa shape index (κ1) is 12.1. The zero-order valence-electron chi connectivity index (χ0n) is 10.3. The van der Waals surface area contributed by atoms with E-state index >= 15 is 0 Å². The third-order valence-corrected chi connectivity index (χ3v) is 3.15. The van der Waals surface area contributed by atoms with Gasteiger partial charge in [-0.15, -0.1) is 0 Å². The van der Waals surface area contributed by atoms with Crippen molar-refractivity contribution < 1.29 is 9.53 Å². The summed E-state index contributed by atoms with van der Waals surface area (Å²) in [6.45, 7) is 2.44. The van der Waals surface area contributed by atoms with Gasteiger partial charge in [-0.2, -0.15) is 0 Å². The van der Waals surface area contributed by atoms with E-state index in [0.717, 1.165) is 38.2 Å². The van der Waals surface area contributed by atoms with Crippen molar-refractivity contribution in [1.29, 1.82) is 0 Å². The molecule has 0 aliphatic carbocycles. The molecule has 1 fully saturated rings. The average Bonchev–Trinajstić information content (AvgIpc) is 2.40.